The Morgan fingerprint density at radius 2 is 2.24 bits per heavy atom. The number of rotatable bonds is 4. The lowest BCUT2D eigenvalue weighted by molar-refractivity contribution is -0.160. The van der Waals surface area contributed by atoms with Crippen molar-refractivity contribution >= 4 is 35.2 Å². The van der Waals surface area contributed by atoms with Crippen LogP contribution in [0.3, 0.4) is 0 Å². The van der Waals surface area contributed by atoms with E-state index in [9.17, 15) is 18.8 Å². The largest absolute Gasteiger partial charge is 0.451 e. The molecule has 1 aromatic rings. The van der Waals surface area contributed by atoms with Crippen LogP contribution in [0.5, 0.6) is 0 Å². The molecule has 3 atom stereocenters. The highest BCUT2D eigenvalue weighted by molar-refractivity contribution is 8.01. The highest BCUT2D eigenvalue weighted by Gasteiger charge is 2.53. The summed E-state index contributed by atoms with van der Waals surface area (Å²) in [5.41, 5.74) is 0.284. The lowest BCUT2D eigenvalue weighted by Gasteiger charge is -2.29. The number of ether oxygens (including phenoxy) is 1. The molecule has 134 valence electrons. The van der Waals surface area contributed by atoms with Crippen molar-refractivity contribution in [3.8, 4) is 0 Å². The molecule has 1 N–H and O–H groups in total. The number of hydrogen-bond acceptors (Lipinski definition) is 5. The summed E-state index contributed by atoms with van der Waals surface area (Å²) in [5, 5.41) is 2.50. The number of anilines is 1. The second-order valence-corrected chi connectivity index (χ2v) is 7.85. The quantitative estimate of drug-likeness (QED) is 0.827. The van der Waals surface area contributed by atoms with E-state index in [4.69, 9.17) is 4.74 Å². The molecule has 0 unspecified atom stereocenters. The Morgan fingerprint density at radius 3 is 2.96 bits per heavy atom. The van der Waals surface area contributed by atoms with Crippen LogP contribution in [0.1, 0.15) is 26.7 Å². The molecule has 2 fully saturated rings. The Balaban J connectivity index is 1.61. The Kier molecular flexibility index (Phi) is 4.73. The fourth-order valence-corrected chi connectivity index (χ4v) is 4.53. The molecule has 0 saturated carbocycles. The average Bonchev–Trinajstić information content (AvgIpc) is 3.04. The van der Waals surface area contributed by atoms with E-state index in [1.807, 2.05) is 6.92 Å². The van der Waals surface area contributed by atoms with Crippen LogP contribution in [-0.4, -0.2) is 45.5 Å². The number of fused-ring (bicyclic) bond motifs is 1. The first-order chi connectivity index (χ1) is 11.8. The van der Waals surface area contributed by atoms with Gasteiger partial charge in [-0.1, -0.05) is 6.07 Å². The molecule has 8 heteroatoms. The smallest absolute Gasteiger partial charge is 0.330 e. The lowest BCUT2D eigenvalue weighted by Crippen LogP contribution is -2.48. The maximum Gasteiger partial charge on any atom is 0.330 e. The number of nitrogens with zero attached hydrogens (tertiary/aromatic N) is 1. The van der Waals surface area contributed by atoms with Gasteiger partial charge in [0.2, 0.25) is 5.91 Å². The number of thioether (sulfide) groups is 1. The van der Waals surface area contributed by atoms with Crippen LogP contribution < -0.4 is 5.32 Å². The first-order valence-corrected chi connectivity index (χ1v) is 9.02. The van der Waals surface area contributed by atoms with E-state index >= 15 is 0 Å². The van der Waals surface area contributed by atoms with Gasteiger partial charge in [-0.25, -0.2) is 9.18 Å². The Morgan fingerprint density at radius 1 is 1.48 bits per heavy atom. The van der Waals surface area contributed by atoms with Gasteiger partial charge < -0.3 is 15.0 Å². The van der Waals surface area contributed by atoms with E-state index in [1.54, 1.807) is 16.7 Å². The zero-order chi connectivity index (χ0) is 18.2. The molecule has 2 aliphatic heterocycles. The number of amides is 2. The van der Waals surface area contributed by atoms with Gasteiger partial charge >= 0.3 is 5.97 Å². The number of nitrogens with one attached hydrogen (secondary N) is 1. The maximum absolute atomic E-state index is 13.2. The monoisotopic (exact) mass is 366 g/mol. The zero-order valence-electron chi connectivity index (χ0n) is 14.0. The van der Waals surface area contributed by atoms with Gasteiger partial charge in [-0.15, -0.1) is 11.8 Å². The first-order valence-electron chi connectivity index (χ1n) is 8.03. The maximum atomic E-state index is 13.2. The van der Waals surface area contributed by atoms with Gasteiger partial charge in [0.1, 0.15) is 11.9 Å². The predicted molar refractivity (Wildman–Crippen MR) is 91.3 cm³/mol. The topological polar surface area (TPSA) is 75.7 Å². The minimum Gasteiger partial charge on any atom is -0.451 e. The molecule has 3 rings (SSSR count). The molecule has 2 aliphatic rings. The normalized spacial score (nSPS) is 26.3. The third-order valence-electron chi connectivity index (χ3n) is 4.47. The number of hydrogen-bond donors (Lipinski definition) is 1. The van der Waals surface area contributed by atoms with Crippen molar-refractivity contribution in [3.63, 3.8) is 0 Å². The van der Waals surface area contributed by atoms with Gasteiger partial charge in [-0.05, 0) is 38.5 Å². The van der Waals surface area contributed by atoms with Gasteiger partial charge in [0.15, 0.2) is 6.10 Å². The lowest BCUT2D eigenvalue weighted by atomic mass is 10.2. The van der Waals surface area contributed by atoms with Crippen LogP contribution in [0.15, 0.2) is 24.3 Å². The fourth-order valence-electron chi connectivity index (χ4n) is 3.11. The molecular weight excluding hydrogens is 347 g/mol. The van der Waals surface area contributed by atoms with E-state index in [1.165, 1.54) is 31.2 Å². The van der Waals surface area contributed by atoms with Gasteiger partial charge in [0.25, 0.3) is 5.91 Å². The molecule has 2 saturated heterocycles. The average molecular weight is 366 g/mol. The van der Waals surface area contributed by atoms with Crippen LogP contribution in [0.4, 0.5) is 10.1 Å². The Hall–Kier alpha value is -2.09. The summed E-state index contributed by atoms with van der Waals surface area (Å²) in [7, 11) is 0. The van der Waals surface area contributed by atoms with E-state index in [2.05, 4.69) is 5.32 Å². The summed E-state index contributed by atoms with van der Waals surface area (Å²) in [6.07, 6.45) is 0.0732. The van der Waals surface area contributed by atoms with Crippen LogP contribution in [-0.2, 0) is 19.1 Å². The summed E-state index contributed by atoms with van der Waals surface area (Å²) in [6.45, 7) is 3.38. The van der Waals surface area contributed by atoms with Crippen molar-refractivity contribution < 1.29 is 23.5 Å². The molecule has 6 nitrogen and oxygen atoms in total. The van der Waals surface area contributed by atoms with E-state index < -0.39 is 29.8 Å². The predicted octanol–water partition coefficient (Wildman–Crippen LogP) is 2.15. The van der Waals surface area contributed by atoms with Crippen molar-refractivity contribution in [2.75, 3.05) is 11.1 Å². The Bertz CT molecular complexity index is 728. The molecule has 2 amide bonds. The number of halogens is 1. The number of benzene rings is 1. The van der Waals surface area contributed by atoms with E-state index in [0.717, 1.165) is 0 Å². The summed E-state index contributed by atoms with van der Waals surface area (Å²) in [6, 6.07) is 4.78. The van der Waals surface area contributed by atoms with Crippen LogP contribution in [0.2, 0.25) is 0 Å². The summed E-state index contributed by atoms with van der Waals surface area (Å²) < 4.78 is 18.4. The van der Waals surface area contributed by atoms with Gasteiger partial charge in [0.05, 0.1) is 4.87 Å². The Labute approximate surface area is 149 Å². The van der Waals surface area contributed by atoms with Crippen molar-refractivity contribution in [2.45, 2.75) is 43.7 Å². The molecule has 2 heterocycles. The van der Waals surface area contributed by atoms with Gasteiger partial charge in [-0.3, -0.25) is 9.59 Å². The minimum absolute atomic E-state index is 0.0636. The molecule has 0 aromatic heterocycles. The molecule has 0 spiro atoms. The third kappa shape index (κ3) is 3.49. The molecule has 25 heavy (non-hydrogen) atoms. The van der Waals surface area contributed by atoms with Gasteiger partial charge in [-0.2, -0.15) is 0 Å². The molecule has 1 aromatic carbocycles. The van der Waals surface area contributed by atoms with Crippen LogP contribution in [0.25, 0.3) is 0 Å². The second-order valence-electron chi connectivity index (χ2n) is 6.34. The number of esters is 1. The van der Waals surface area contributed by atoms with E-state index in [0.29, 0.717) is 18.6 Å². The van der Waals surface area contributed by atoms with Crippen molar-refractivity contribution in [1.82, 2.24) is 4.90 Å². The van der Waals surface area contributed by atoms with Crippen LogP contribution in [0, 0.1) is 5.82 Å². The number of carbonyl (C=O) groups excluding carboxylic acids is 3. The van der Waals surface area contributed by atoms with Crippen LogP contribution >= 0.6 is 11.8 Å². The number of carbonyl (C=O) groups is 3. The van der Waals surface area contributed by atoms with Crippen molar-refractivity contribution in [2.24, 2.45) is 0 Å². The molecule has 0 radical (unpaired) electrons. The minimum atomic E-state index is -1.05. The summed E-state index contributed by atoms with van der Waals surface area (Å²) in [4.78, 5) is 37.8. The van der Waals surface area contributed by atoms with Crippen molar-refractivity contribution in [1.29, 1.82) is 0 Å². The van der Waals surface area contributed by atoms with Crippen molar-refractivity contribution in [3.05, 3.63) is 30.1 Å². The SMILES string of the molecule is C[C@@H](OC(=O)[C@H]1CS[C@@]2(C)CCC(=O)N12)C(=O)Nc1cccc(F)c1. The second kappa shape index (κ2) is 6.67. The zero-order valence-corrected chi connectivity index (χ0v) is 14.8. The standard InChI is InChI=1S/C17H19FN2O4S/c1-10(15(22)19-12-5-3-4-11(18)8-12)24-16(23)13-9-25-17(2)7-6-14(21)20(13)17/h3-5,8,10,13H,6-7,9H2,1-2H3,(H,19,22)/t10-,13-,17+/m1/s1. The summed E-state index contributed by atoms with van der Waals surface area (Å²) in [5.74, 6) is -1.23. The molecular formula is C17H19FN2O4S. The molecule has 0 bridgehead atoms. The third-order valence-corrected chi connectivity index (χ3v) is 5.98. The van der Waals surface area contributed by atoms with Gasteiger partial charge in [0, 0.05) is 17.9 Å². The first kappa shape index (κ1) is 17.7. The molecule has 0 aliphatic carbocycles. The fraction of sp³-hybridized carbons (Fsp3) is 0.471. The highest BCUT2D eigenvalue weighted by atomic mass is 32.2. The highest BCUT2D eigenvalue weighted by Crippen LogP contribution is 2.47. The van der Waals surface area contributed by atoms with E-state index in [-0.39, 0.29) is 16.5 Å². The summed E-state index contributed by atoms with van der Waals surface area (Å²) >= 11 is 1.56.